The zero-order chi connectivity index (χ0) is 14.4. The fraction of sp³-hybridized carbons (Fsp3) is 0.312. The number of nitrogens with zero attached hydrogens (tertiary/aromatic N) is 1. The Hall–Kier alpha value is -0.460. The summed E-state index contributed by atoms with van der Waals surface area (Å²) in [4.78, 5) is 4.25. The van der Waals surface area contributed by atoms with Crippen molar-refractivity contribution in [3.63, 3.8) is 0 Å². The predicted octanol–water partition coefficient (Wildman–Crippen LogP) is 4.73. The number of aromatic nitrogens is 1. The van der Waals surface area contributed by atoms with Crippen molar-refractivity contribution >= 4 is 38.5 Å². The van der Waals surface area contributed by atoms with Crippen LogP contribution in [0, 0.1) is 3.57 Å². The zero-order valence-corrected chi connectivity index (χ0v) is 15.2. The summed E-state index contributed by atoms with van der Waals surface area (Å²) in [6, 6.07) is 11.2. The van der Waals surface area contributed by atoms with E-state index in [1.54, 1.807) is 0 Å². The molecule has 0 amide bonds. The van der Waals surface area contributed by atoms with Gasteiger partial charge in [-0.05, 0) is 87.2 Å². The normalized spacial score (nSPS) is 12.3. The fourth-order valence-electron chi connectivity index (χ4n) is 2.15. The molecule has 4 heteroatoms. The van der Waals surface area contributed by atoms with Crippen LogP contribution in [-0.2, 0) is 6.42 Å². The van der Waals surface area contributed by atoms with Gasteiger partial charge in [-0.2, -0.15) is 0 Å². The standard InChI is InChI=1S/C16H18BrIN2/c1-2-6-20-16(13-4-3-5-15(18)9-13)8-12-7-14(17)11-19-10-12/h3-5,7,9-11,16,20H,2,6,8H2,1H3. The molecule has 0 aliphatic heterocycles. The Bertz CT molecular complexity index is 560. The third-order valence-corrected chi connectivity index (χ3v) is 4.20. The van der Waals surface area contributed by atoms with Crippen molar-refractivity contribution < 1.29 is 0 Å². The molecular formula is C16H18BrIN2. The van der Waals surface area contributed by atoms with Crippen LogP contribution in [0.25, 0.3) is 0 Å². The summed E-state index contributed by atoms with van der Waals surface area (Å²) in [6.45, 7) is 3.22. The molecule has 1 N–H and O–H groups in total. The van der Waals surface area contributed by atoms with Gasteiger partial charge in [-0.15, -0.1) is 0 Å². The Labute approximate surface area is 142 Å². The molecule has 2 rings (SSSR count). The first-order valence-corrected chi connectivity index (χ1v) is 8.64. The fourth-order valence-corrected chi connectivity index (χ4v) is 3.13. The van der Waals surface area contributed by atoms with E-state index in [0.29, 0.717) is 6.04 Å². The molecule has 2 aromatic rings. The maximum atomic E-state index is 4.25. The third kappa shape index (κ3) is 4.82. The highest BCUT2D eigenvalue weighted by Crippen LogP contribution is 2.21. The Kier molecular flexibility index (Phi) is 6.45. The van der Waals surface area contributed by atoms with Crippen LogP contribution in [0.5, 0.6) is 0 Å². The summed E-state index contributed by atoms with van der Waals surface area (Å²) in [5.74, 6) is 0. The second-order valence-corrected chi connectivity index (χ2v) is 6.94. The third-order valence-electron chi connectivity index (χ3n) is 3.09. The van der Waals surface area contributed by atoms with E-state index in [-0.39, 0.29) is 0 Å². The number of hydrogen-bond donors (Lipinski definition) is 1. The monoisotopic (exact) mass is 444 g/mol. The molecule has 0 aliphatic carbocycles. The number of halogens is 2. The van der Waals surface area contributed by atoms with E-state index in [1.165, 1.54) is 14.7 Å². The highest BCUT2D eigenvalue weighted by Gasteiger charge is 2.12. The first-order chi connectivity index (χ1) is 9.69. The number of pyridine rings is 1. The minimum Gasteiger partial charge on any atom is -0.310 e. The minimum absolute atomic E-state index is 0.334. The number of benzene rings is 1. The highest BCUT2D eigenvalue weighted by molar-refractivity contribution is 14.1. The van der Waals surface area contributed by atoms with Crippen molar-refractivity contribution in [1.82, 2.24) is 10.3 Å². The van der Waals surface area contributed by atoms with E-state index in [0.717, 1.165) is 23.9 Å². The molecule has 0 bridgehead atoms. The summed E-state index contributed by atoms with van der Waals surface area (Å²) in [6.07, 6.45) is 5.85. The van der Waals surface area contributed by atoms with Crippen LogP contribution in [0.4, 0.5) is 0 Å². The number of rotatable bonds is 6. The smallest absolute Gasteiger partial charge is 0.0410 e. The van der Waals surface area contributed by atoms with Gasteiger partial charge in [0.1, 0.15) is 0 Å². The lowest BCUT2D eigenvalue weighted by molar-refractivity contribution is 0.528. The maximum absolute atomic E-state index is 4.25. The second kappa shape index (κ2) is 8.10. The predicted molar refractivity (Wildman–Crippen MR) is 95.8 cm³/mol. The topological polar surface area (TPSA) is 24.9 Å². The molecule has 1 atom stereocenters. The van der Waals surface area contributed by atoms with Gasteiger partial charge in [0.05, 0.1) is 0 Å². The molecule has 1 aromatic heterocycles. The quantitative estimate of drug-likeness (QED) is 0.651. The van der Waals surface area contributed by atoms with Gasteiger partial charge in [-0.25, -0.2) is 0 Å². The molecule has 0 spiro atoms. The Balaban J connectivity index is 2.19. The van der Waals surface area contributed by atoms with E-state index >= 15 is 0 Å². The molecule has 2 nitrogen and oxygen atoms in total. The lowest BCUT2D eigenvalue weighted by Gasteiger charge is -2.19. The van der Waals surface area contributed by atoms with E-state index in [9.17, 15) is 0 Å². The molecular weight excluding hydrogens is 427 g/mol. The average Bonchev–Trinajstić information content (AvgIpc) is 2.43. The van der Waals surface area contributed by atoms with E-state index in [4.69, 9.17) is 0 Å². The van der Waals surface area contributed by atoms with Gasteiger partial charge in [-0.3, -0.25) is 4.98 Å². The van der Waals surface area contributed by atoms with Gasteiger partial charge < -0.3 is 5.32 Å². The Morgan fingerprint density at radius 2 is 2.15 bits per heavy atom. The molecule has 1 heterocycles. The molecule has 0 radical (unpaired) electrons. The van der Waals surface area contributed by atoms with Crippen molar-refractivity contribution in [2.24, 2.45) is 0 Å². The van der Waals surface area contributed by atoms with Crippen molar-refractivity contribution in [3.05, 3.63) is 61.9 Å². The number of hydrogen-bond acceptors (Lipinski definition) is 2. The Morgan fingerprint density at radius 3 is 2.85 bits per heavy atom. The van der Waals surface area contributed by atoms with Gasteiger partial charge >= 0.3 is 0 Å². The summed E-state index contributed by atoms with van der Waals surface area (Å²) < 4.78 is 2.31. The summed E-state index contributed by atoms with van der Waals surface area (Å²) in [5.41, 5.74) is 2.58. The first-order valence-electron chi connectivity index (χ1n) is 6.77. The van der Waals surface area contributed by atoms with Gasteiger partial charge in [0.2, 0.25) is 0 Å². The molecule has 106 valence electrons. The van der Waals surface area contributed by atoms with Crippen LogP contribution >= 0.6 is 38.5 Å². The van der Waals surface area contributed by atoms with Gasteiger partial charge in [0, 0.05) is 26.5 Å². The molecule has 0 saturated heterocycles. The molecule has 0 aliphatic rings. The van der Waals surface area contributed by atoms with E-state index in [1.807, 2.05) is 12.4 Å². The molecule has 20 heavy (non-hydrogen) atoms. The van der Waals surface area contributed by atoms with Crippen molar-refractivity contribution in [1.29, 1.82) is 0 Å². The molecule has 1 unspecified atom stereocenters. The summed E-state index contributed by atoms with van der Waals surface area (Å²) in [7, 11) is 0. The van der Waals surface area contributed by atoms with E-state index < -0.39 is 0 Å². The highest BCUT2D eigenvalue weighted by atomic mass is 127. The van der Waals surface area contributed by atoms with Gasteiger partial charge in [0.25, 0.3) is 0 Å². The van der Waals surface area contributed by atoms with Crippen LogP contribution in [0.15, 0.2) is 47.2 Å². The van der Waals surface area contributed by atoms with Gasteiger partial charge in [0.15, 0.2) is 0 Å². The van der Waals surface area contributed by atoms with Crippen molar-refractivity contribution in [2.45, 2.75) is 25.8 Å². The minimum atomic E-state index is 0.334. The van der Waals surface area contributed by atoms with Crippen LogP contribution in [-0.4, -0.2) is 11.5 Å². The largest absolute Gasteiger partial charge is 0.310 e. The molecule has 0 saturated carbocycles. The van der Waals surface area contributed by atoms with Gasteiger partial charge in [-0.1, -0.05) is 19.1 Å². The number of nitrogens with one attached hydrogen (secondary N) is 1. The SMILES string of the molecule is CCCNC(Cc1cncc(Br)c1)c1cccc(I)c1. The second-order valence-electron chi connectivity index (χ2n) is 4.78. The van der Waals surface area contributed by atoms with Crippen LogP contribution < -0.4 is 5.32 Å². The maximum Gasteiger partial charge on any atom is 0.0410 e. The lowest BCUT2D eigenvalue weighted by atomic mass is 10.00. The van der Waals surface area contributed by atoms with Crippen LogP contribution in [0.3, 0.4) is 0 Å². The van der Waals surface area contributed by atoms with E-state index in [2.05, 4.69) is 86.1 Å². The lowest BCUT2D eigenvalue weighted by Crippen LogP contribution is -2.24. The van der Waals surface area contributed by atoms with Crippen molar-refractivity contribution in [2.75, 3.05) is 6.54 Å². The summed E-state index contributed by atoms with van der Waals surface area (Å²) >= 11 is 5.85. The average molecular weight is 445 g/mol. The summed E-state index contributed by atoms with van der Waals surface area (Å²) in [5, 5.41) is 3.63. The van der Waals surface area contributed by atoms with Crippen LogP contribution in [0.1, 0.15) is 30.5 Å². The molecule has 0 fully saturated rings. The first kappa shape index (κ1) is 15.9. The zero-order valence-electron chi connectivity index (χ0n) is 11.4. The Morgan fingerprint density at radius 1 is 1.30 bits per heavy atom. The van der Waals surface area contributed by atoms with Crippen molar-refractivity contribution in [3.8, 4) is 0 Å². The molecule has 1 aromatic carbocycles. The van der Waals surface area contributed by atoms with Crippen LogP contribution in [0.2, 0.25) is 0 Å².